The fraction of sp³-hybridized carbons (Fsp3) is 0.545. The first-order chi connectivity index (χ1) is 7.81. The predicted octanol–water partition coefficient (Wildman–Crippen LogP) is 0.730. The Hall–Kier alpha value is -1.49. The van der Waals surface area contributed by atoms with Crippen LogP contribution in [0.2, 0.25) is 0 Å². The van der Waals surface area contributed by atoms with E-state index in [1.54, 1.807) is 0 Å². The minimum atomic E-state index is -0.392. The topological polar surface area (TPSA) is 64.1 Å². The van der Waals surface area contributed by atoms with E-state index in [2.05, 4.69) is 20.0 Å². The van der Waals surface area contributed by atoms with Gasteiger partial charge in [-0.25, -0.2) is 14.8 Å². The summed E-state index contributed by atoms with van der Waals surface area (Å²) in [6, 6.07) is 0. The number of carbonyl (C=O) groups excluding carboxylic acids is 1. The first kappa shape index (κ1) is 11.0. The first-order valence-corrected chi connectivity index (χ1v) is 5.42. The molecule has 1 saturated heterocycles. The molecule has 0 radical (unpaired) electrons. The summed E-state index contributed by atoms with van der Waals surface area (Å²) in [5.41, 5.74) is 0.403. The number of piperidine rings is 1. The van der Waals surface area contributed by atoms with Gasteiger partial charge in [0.25, 0.3) is 0 Å². The molecule has 0 aromatic carbocycles. The molecule has 0 amide bonds. The third-order valence-electron chi connectivity index (χ3n) is 2.80. The molecule has 0 atom stereocenters. The molecule has 0 unspecified atom stereocenters. The standard InChI is InChI=1S/C11H15N3O2/c1-16-11(15)9-6-13-10(14-7-9)8-2-4-12-5-3-8/h6-8,12H,2-5H2,1H3. The quantitative estimate of drug-likeness (QED) is 0.746. The summed E-state index contributed by atoms with van der Waals surface area (Å²) in [6.45, 7) is 2.01. The second kappa shape index (κ2) is 5.03. The van der Waals surface area contributed by atoms with Crippen LogP contribution in [-0.4, -0.2) is 36.1 Å². The number of nitrogens with zero attached hydrogens (tertiary/aromatic N) is 2. The highest BCUT2D eigenvalue weighted by Gasteiger charge is 2.18. The van der Waals surface area contributed by atoms with Crippen LogP contribution in [0.1, 0.15) is 34.9 Å². The number of carbonyl (C=O) groups is 1. The summed E-state index contributed by atoms with van der Waals surface area (Å²) >= 11 is 0. The molecule has 2 rings (SSSR count). The van der Waals surface area contributed by atoms with Crippen molar-refractivity contribution in [1.82, 2.24) is 15.3 Å². The largest absolute Gasteiger partial charge is 0.465 e. The lowest BCUT2D eigenvalue weighted by atomic mass is 9.97. The highest BCUT2D eigenvalue weighted by Crippen LogP contribution is 2.21. The number of ether oxygens (including phenoxy) is 1. The summed E-state index contributed by atoms with van der Waals surface area (Å²) in [4.78, 5) is 19.7. The van der Waals surface area contributed by atoms with E-state index in [4.69, 9.17) is 0 Å². The molecule has 86 valence electrons. The van der Waals surface area contributed by atoms with Crippen molar-refractivity contribution < 1.29 is 9.53 Å². The molecule has 16 heavy (non-hydrogen) atoms. The molecule has 1 aromatic heterocycles. The first-order valence-electron chi connectivity index (χ1n) is 5.42. The molecule has 2 heterocycles. The van der Waals surface area contributed by atoms with Crippen molar-refractivity contribution >= 4 is 5.97 Å². The van der Waals surface area contributed by atoms with Gasteiger partial charge in [0.1, 0.15) is 5.82 Å². The second-order valence-corrected chi connectivity index (χ2v) is 3.85. The Bertz CT molecular complexity index is 358. The van der Waals surface area contributed by atoms with Gasteiger partial charge in [0, 0.05) is 18.3 Å². The monoisotopic (exact) mass is 221 g/mol. The number of hydrogen-bond donors (Lipinski definition) is 1. The van der Waals surface area contributed by atoms with E-state index in [1.807, 2.05) is 0 Å². The zero-order valence-electron chi connectivity index (χ0n) is 9.27. The van der Waals surface area contributed by atoms with Gasteiger partial charge >= 0.3 is 5.97 Å². The lowest BCUT2D eigenvalue weighted by Crippen LogP contribution is -2.27. The van der Waals surface area contributed by atoms with Crippen molar-refractivity contribution in [3.8, 4) is 0 Å². The summed E-state index contributed by atoms with van der Waals surface area (Å²) in [5, 5.41) is 3.29. The van der Waals surface area contributed by atoms with Crippen LogP contribution in [0.15, 0.2) is 12.4 Å². The summed E-state index contributed by atoms with van der Waals surface area (Å²) in [7, 11) is 1.35. The average Bonchev–Trinajstić information content (AvgIpc) is 2.39. The van der Waals surface area contributed by atoms with Gasteiger partial charge in [0.2, 0.25) is 0 Å². The lowest BCUT2D eigenvalue weighted by molar-refractivity contribution is 0.0599. The van der Waals surface area contributed by atoms with Crippen LogP contribution in [0, 0.1) is 0 Å². The number of nitrogens with one attached hydrogen (secondary N) is 1. The zero-order chi connectivity index (χ0) is 11.4. The maximum atomic E-state index is 11.2. The average molecular weight is 221 g/mol. The molecule has 0 saturated carbocycles. The zero-order valence-corrected chi connectivity index (χ0v) is 9.27. The molecule has 1 aliphatic rings. The van der Waals surface area contributed by atoms with E-state index in [0.717, 1.165) is 31.8 Å². The van der Waals surface area contributed by atoms with Crippen LogP contribution in [0.5, 0.6) is 0 Å². The minimum absolute atomic E-state index is 0.392. The molecule has 5 heteroatoms. The van der Waals surface area contributed by atoms with E-state index >= 15 is 0 Å². The minimum Gasteiger partial charge on any atom is -0.465 e. The number of rotatable bonds is 2. The van der Waals surface area contributed by atoms with E-state index in [0.29, 0.717) is 11.5 Å². The van der Waals surface area contributed by atoms with E-state index in [1.165, 1.54) is 19.5 Å². The normalized spacial score (nSPS) is 17.1. The third-order valence-corrected chi connectivity index (χ3v) is 2.80. The fourth-order valence-corrected chi connectivity index (χ4v) is 1.85. The Morgan fingerprint density at radius 2 is 2.00 bits per heavy atom. The van der Waals surface area contributed by atoms with Gasteiger partial charge in [-0.1, -0.05) is 0 Å². The SMILES string of the molecule is COC(=O)c1cnc(C2CCNCC2)nc1. The fourth-order valence-electron chi connectivity index (χ4n) is 1.85. The second-order valence-electron chi connectivity index (χ2n) is 3.85. The molecular weight excluding hydrogens is 206 g/mol. The Kier molecular flexibility index (Phi) is 3.46. The maximum Gasteiger partial charge on any atom is 0.341 e. The maximum absolute atomic E-state index is 11.2. The highest BCUT2D eigenvalue weighted by molar-refractivity contribution is 5.88. The van der Waals surface area contributed by atoms with Gasteiger partial charge in [0.15, 0.2) is 0 Å². The van der Waals surface area contributed by atoms with E-state index in [9.17, 15) is 4.79 Å². The van der Waals surface area contributed by atoms with E-state index < -0.39 is 5.97 Å². The lowest BCUT2D eigenvalue weighted by Gasteiger charge is -2.20. The highest BCUT2D eigenvalue weighted by atomic mass is 16.5. The van der Waals surface area contributed by atoms with E-state index in [-0.39, 0.29) is 0 Å². The molecule has 1 fully saturated rings. The number of aromatic nitrogens is 2. The number of hydrogen-bond acceptors (Lipinski definition) is 5. The van der Waals surface area contributed by atoms with Crippen LogP contribution in [-0.2, 0) is 4.74 Å². The van der Waals surface area contributed by atoms with Gasteiger partial charge in [0.05, 0.1) is 12.7 Å². The van der Waals surface area contributed by atoms with Crippen molar-refractivity contribution in [3.05, 3.63) is 23.8 Å². The molecular formula is C11H15N3O2. The molecule has 1 N–H and O–H groups in total. The molecule has 5 nitrogen and oxygen atoms in total. The van der Waals surface area contributed by atoms with Gasteiger partial charge < -0.3 is 10.1 Å². The van der Waals surface area contributed by atoms with Crippen molar-refractivity contribution in [2.45, 2.75) is 18.8 Å². The summed E-state index contributed by atoms with van der Waals surface area (Å²) in [6.07, 6.45) is 5.18. The molecule has 1 aromatic rings. The van der Waals surface area contributed by atoms with Crippen LogP contribution in [0.4, 0.5) is 0 Å². The van der Waals surface area contributed by atoms with Gasteiger partial charge in [-0.2, -0.15) is 0 Å². The Morgan fingerprint density at radius 3 is 2.56 bits per heavy atom. The van der Waals surface area contributed by atoms with Crippen LogP contribution < -0.4 is 5.32 Å². The van der Waals surface area contributed by atoms with Gasteiger partial charge in [-0.05, 0) is 25.9 Å². The van der Waals surface area contributed by atoms with Crippen LogP contribution in [0.3, 0.4) is 0 Å². The number of methoxy groups -OCH3 is 1. The Balaban J connectivity index is 2.09. The number of esters is 1. The van der Waals surface area contributed by atoms with Crippen molar-refractivity contribution in [2.75, 3.05) is 20.2 Å². The summed E-state index contributed by atoms with van der Waals surface area (Å²) < 4.78 is 4.59. The van der Waals surface area contributed by atoms with Gasteiger partial charge in [-0.15, -0.1) is 0 Å². The van der Waals surface area contributed by atoms with Crippen LogP contribution in [0.25, 0.3) is 0 Å². The van der Waals surface area contributed by atoms with Gasteiger partial charge in [-0.3, -0.25) is 0 Å². The molecule has 0 aliphatic carbocycles. The molecule has 0 bridgehead atoms. The predicted molar refractivity (Wildman–Crippen MR) is 58.2 cm³/mol. The molecule has 0 spiro atoms. The van der Waals surface area contributed by atoms with Crippen molar-refractivity contribution in [3.63, 3.8) is 0 Å². The third kappa shape index (κ3) is 2.36. The van der Waals surface area contributed by atoms with Crippen LogP contribution >= 0.6 is 0 Å². The molecule has 1 aliphatic heterocycles. The van der Waals surface area contributed by atoms with Crippen molar-refractivity contribution in [1.29, 1.82) is 0 Å². The smallest absolute Gasteiger partial charge is 0.341 e. The summed E-state index contributed by atoms with van der Waals surface area (Å²) in [5.74, 6) is 0.846. The Morgan fingerprint density at radius 1 is 1.38 bits per heavy atom. The Labute approximate surface area is 94.2 Å². The van der Waals surface area contributed by atoms with Crippen molar-refractivity contribution in [2.24, 2.45) is 0 Å².